The molecular formula is C24H23ClN6O. The third kappa shape index (κ3) is 4.50. The number of halogens is 1. The van der Waals surface area contributed by atoms with E-state index in [0.29, 0.717) is 0 Å². The second-order valence-corrected chi connectivity index (χ2v) is 8.15. The summed E-state index contributed by atoms with van der Waals surface area (Å²) in [4.78, 5) is 10.6. The number of nitrogens with zero attached hydrogens (tertiary/aromatic N) is 4. The molecule has 32 heavy (non-hydrogen) atoms. The molecule has 1 aliphatic rings. The minimum absolute atomic E-state index is 0.255. The number of aromatic nitrogens is 4. The lowest BCUT2D eigenvalue weighted by atomic mass is 10.1. The topological polar surface area (TPSA) is 93.0 Å². The Bertz CT molecular complexity index is 1280. The van der Waals surface area contributed by atoms with Gasteiger partial charge in [0.05, 0.1) is 30.1 Å². The molecule has 1 fully saturated rings. The number of nitrogens with one attached hydrogen (secondary N) is 1. The first-order chi connectivity index (χ1) is 15.7. The van der Waals surface area contributed by atoms with Gasteiger partial charge in [-0.3, -0.25) is 10.00 Å². The van der Waals surface area contributed by atoms with Crippen molar-refractivity contribution in [3.63, 3.8) is 0 Å². The number of hydrogen-bond acceptors (Lipinski definition) is 6. The zero-order valence-corrected chi connectivity index (χ0v) is 18.2. The fourth-order valence-corrected chi connectivity index (χ4v) is 4.08. The number of nitrogen functional groups attached to an aromatic ring is 1. The van der Waals surface area contributed by atoms with E-state index in [1.807, 2.05) is 42.5 Å². The van der Waals surface area contributed by atoms with Crippen molar-refractivity contribution in [1.82, 2.24) is 25.1 Å². The highest BCUT2D eigenvalue weighted by atomic mass is 35.5. The maximum absolute atomic E-state index is 6.56. The molecule has 1 aliphatic heterocycles. The fraction of sp³-hybridized carbons (Fsp3) is 0.208. The number of benzene rings is 2. The number of anilines is 1. The van der Waals surface area contributed by atoms with Crippen molar-refractivity contribution in [2.75, 3.05) is 32.0 Å². The number of ether oxygens (including phenoxy) is 1. The molecule has 0 bridgehead atoms. The summed E-state index contributed by atoms with van der Waals surface area (Å²) in [6.07, 6.45) is 5.67. The van der Waals surface area contributed by atoms with Crippen LogP contribution in [0.5, 0.6) is 0 Å². The smallest absolute Gasteiger partial charge is 0.220 e. The SMILES string of the molecule is Nc1nccc(-c2ccc3c(C=Cc4ccc(CN5CCOCC5)c(Cl)c4)n[nH]c3c2)n1. The first-order valence-electron chi connectivity index (χ1n) is 10.5. The van der Waals surface area contributed by atoms with Crippen LogP contribution >= 0.6 is 11.6 Å². The molecule has 0 aliphatic carbocycles. The molecule has 0 spiro atoms. The highest BCUT2D eigenvalue weighted by Crippen LogP contribution is 2.26. The number of hydrogen-bond donors (Lipinski definition) is 2. The fourth-order valence-electron chi connectivity index (χ4n) is 3.83. The van der Waals surface area contributed by atoms with Crippen LogP contribution in [0.4, 0.5) is 5.95 Å². The Hall–Kier alpha value is -3.26. The monoisotopic (exact) mass is 446 g/mol. The van der Waals surface area contributed by atoms with Gasteiger partial charge in [-0.05, 0) is 41.5 Å². The zero-order valence-electron chi connectivity index (χ0n) is 17.5. The maximum atomic E-state index is 6.56. The van der Waals surface area contributed by atoms with Crippen molar-refractivity contribution < 1.29 is 4.74 Å². The van der Waals surface area contributed by atoms with E-state index >= 15 is 0 Å². The lowest BCUT2D eigenvalue weighted by Gasteiger charge is -2.26. The van der Waals surface area contributed by atoms with Gasteiger partial charge in [0.2, 0.25) is 5.95 Å². The predicted molar refractivity (Wildman–Crippen MR) is 128 cm³/mol. The molecule has 3 heterocycles. The van der Waals surface area contributed by atoms with Gasteiger partial charge < -0.3 is 10.5 Å². The van der Waals surface area contributed by atoms with Gasteiger partial charge in [0.25, 0.3) is 0 Å². The Balaban J connectivity index is 1.33. The van der Waals surface area contributed by atoms with Crippen molar-refractivity contribution in [2.45, 2.75) is 6.54 Å². The van der Waals surface area contributed by atoms with Gasteiger partial charge in [-0.1, -0.05) is 35.9 Å². The summed E-state index contributed by atoms with van der Waals surface area (Å²) in [7, 11) is 0. The Morgan fingerprint density at radius 1 is 1.09 bits per heavy atom. The summed E-state index contributed by atoms with van der Waals surface area (Å²) in [5.74, 6) is 0.255. The second-order valence-electron chi connectivity index (χ2n) is 7.74. The zero-order chi connectivity index (χ0) is 21.9. The average Bonchev–Trinajstić information content (AvgIpc) is 3.22. The number of rotatable bonds is 5. The lowest BCUT2D eigenvalue weighted by molar-refractivity contribution is 0.0342. The van der Waals surface area contributed by atoms with Gasteiger partial charge in [-0.25, -0.2) is 9.97 Å². The van der Waals surface area contributed by atoms with Crippen LogP contribution in [-0.4, -0.2) is 51.4 Å². The number of fused-ring (bicyclic) bond motifs is 1. The summed E-state index contributed by atoms with van der Waals surface area (Å²) in [5.41, 5.74) is 11.4. The molecule has 162 valence electrons. The molecule has 5 rings (SSSR count). The Labute approximate surface area is 190 Å². The molecule has 8 heteroatoms. The van der Waals surface area contributed by atoms with E-state index in [4.69, 9.17) is 22.1 Å². The van der Waals surface area contributed by atoms with Crippen molar-refractivity contribution in [3.8, 4) is 11.3 Å². The van der Waals surface area contributed by atoms with Crippen LogP contribution in [-0.2, 0) is 11.3 Å². The molecule has 0 saturated carbocycles. The molecule has 4 aromatic rings. The van der Waals surface area contributed by atoms with Gasteiger partial charge in [-0.2, -0.15) is 5.10 Å². The molecule has 7 nitrogen and oxygen atoms in total. The summed E-state index contributed by atoms with van der Waals surface area (Å²) in [5, 5.41) is 9.36. The van der Waals surface area contributed by atoms with E-state index in [2.05, 4.69) is 37.2 Å². The molecule has 1 saturated heterocycles. The largest absolute Gasteiger partial charge is 0.379 e. The Morgan fingerprint density at radius 2 is 1.97 bits per heavy atom. The number of H-pyrrole nitrogens is 1. The molecule has 0 atom stereocenters. The quantitative estimate of drug-likeness (QED) is 0.476. The average molecular weight is 447 g/mol. The highest BCUT2D eigenvalue weighted by molar-refractivity contribution is 6.31. The van der Waals surface area contributed by atoms with Crippen molar-refractivity contribution >= 4 is 40.6 Å². The molecule has 0 radical (unpaired) electrons. The van der Waals surface area contributed by atoms with Gasteiger partial charge in [0.15, 0.2) is 0 Å². The summed E-state index contributed by atoms with van der Waals surface area (Å²) < 4.78 is 5.42. The van der Waals surface area contributed by atoms with Crippen LogP contribution in [0.25, 0.3) is 34.3 Å². The van der Waals surface area contributed by atoms with Crippen molar-refractivity contribution in [2.24, 2.45) is 0 Å². The van der Waals surface area contributed by atoms with E-state index in [9.17, 15) is 0 Å². The third-order valence-corrected chi connectivity index (χ3v) is 5.92. The van der Waals surface area contributed by atoms with E-state index in [-0.39, 0.29) is 5.95 Å². The third-order valence-electron chi connectivity index (χ3n) is 5.57. The van der Waals surface area contributed by atoms with Crippen LogP contribution in [0.1, 0.15) is 16.8 Å². The van der Waals surface area contributed by atoms with E-state index < -0.39 is 0 Å². The Kier molecular flexibility index (Phi) is 5.85. The van der Waals surface area contributed by atoms with Gasteiger partial charge in [0, 0.05) is 41.8 Å². The molecule has 2 aromatic carbocycles. The summed E-state index contributed by atoms with van der Waals surface area (Å²) >= 11 is 6.56. The lowest BCUT2D eigenvalue weighted by Crippen LogP contribution is -2.35. The van der Waals surface area contributed by atoms with Crippen LogP contribution < -0.4 is 5.73 Å². The molecule has 0 amide bonds. The summed E-state index contributed by atoms with van der Waals surface area (Å²) in [6, 6.07) is 14.1. The minimum atomic E-state index is 0.255. The van der Waals surface area contributed by atoms with Crippen LogP contribution in [0, 0.1) is 0 Å². The normalized spacial score (nSPS) is 15.0. The second kappa shape index (κ2) is 9.08. The first-order valence-corrected chi connectivity index (χ1v) is 10.9. The molecular weight excluding hydrogens is 424 g/mol. The number of aromatic amines is 1. The van der Waals surface area contributed by atoms with Gasteiger partial charge >= 0.3 is 0 Å². The maximum Gasteiger partial charge on any atom is 0.220 e. The van der Waals surface area contributed by atoms with Crippen molar-refractivity contribution in [3.05, 3.63) is 70.5 Å². The Morgan fingerprint density at radius 3 is 2.78 bits per heavy atom. The van der Waals surface area contributed by atoms with Gasteiger partial charge in [0.1, 0.15) is 0 Å². The minimum Gasteiger partial charge on any atom is -0.379 e. The predicted octanol–water partition coefficient (Wildman–Crippen LogP) is 4.26. The molecule has 2 aromatic heterocycles. The molecule has 3 N–H and O–H groups in total. The molecule has 0 unspecified atom stereocenters. The highest BCUT2D eigenvalue weighted by Gasteiger charge is 2.12. The standard InChI is InChI=1S/C24H23ClN6O/c25-20-13-16(1-3-18(20)15-31-9-11-32-12-10-31)2-6-22-19-5-4-17(14-23(19)30-29-22)21-7-8-27-24(26)28-21/h1-8,13-14H,9-12,15H2,(H,29,30)(H2,26,27,28). The van der Waals surface area contributed by atoms with E-state index in [1.54, 1.807) is 6.20 Å². The van der Waals surface area contributed by atoms with E-state index in [0.717, 1.165) is 76.9 Å². The van der Waals surface area contributed by atoms with Crippen LogP contribution in [0.2, 0.25) is 5.02 Å². The van der Waals surface area contributed by atoms with Crippen LogP contribution in [0.15, 0.2) is 48.7 Å². The number of morpholine rings is 1. The van der Waals surface area contributed by atoms with Crippen LogP contribution in [0.3, 0.4) is 0 Å². The van der Waals surface area contributed by atoms with Gasteiger partial charge in [-0.15, -0.1) is 0 Å². The number of nitrogens with two attached hydrogens (primary N) is 1. The summed E-state index contributed by atoms with van der Waals surface area (Å²) in [6.45, 7) is 4.29. The van der Waals surface area contributed by atoms with E-state index in [1.165, 1.54) is 0 Å². The first kappa shape index (κ1) is 20.6. The van der Waals surface area contributed by atoms with Crippen molar-refractivity contribution in [1.29, 1.82) is 0 Å².